The first-order valence-electron chi connectivity index (χ1n) is 9.97. The average Bonchev–Trinajstić information content (AvgIpc) is 3.27. The van der Waals surface area contributed by atoms with Gasteiger partial charge in [0.2, 0.25) is 5.75 Å². The Morgan fingerprint density at radius 1 is 0.879 bits per heavy atom. The summed E-state index contributed by atoms with van der Waals surface area (Å²) in [5.74, 6) is 0.869. The van der Waals surface area contributed by atoms with E-state index < -0.39 is 0 Å². The summed E-state index contributed by atoms with van der Waals surface area (Å²) in [5, 5.41) is 4.02. The van der Waals surface area contributed by atoms with E-state index in [1.807, 2.05) is 54.6 Å². The molecule has 0 spiro atoms. The summed E-state index contributed by atoms with van der Waals surface area (Å²) < 4.78 is 16.1. The predicted octanol–water partition coefficient (Wildman–Crippen LogP) is 6.41. The van der Waals surface area contributed by atoms with Crippen molar-refractivity contribution in [2.24, 2.45) is 0 Å². The number of hydrogen-bond acceptors (Lipinski definition) is 6. The van der Waals surface area contributed by atoms with Crippen molar-refractivity contribution in [1.29, 1.82) is 0 Å². The molecule has 1 heterocycles. The molecule has 1 aromatic heterocycles. The van der Waals surface area contributed by atoms with Crippen molar-refractivity contribution in [3.05, 3.63) is 77.3 Å². The molecule has 0 saturated heterocycles. The largest absolute Gasteiger partial charge is 0.493 e. The Hall–Kier alpha value is -3.55. The first-order valence-corrected chi connectivity index (χ1v) is 11.2. The number of amides is 1. The fourth-order valence-electron chi connectivity index (χ4n) is 3.34. The number of halogens is 1. The van der Waals surface area contributed by atoms with Crippen molar-refractivity contribution in [3.63, 3.8) is 0 Å². The monoisotopic (exact) mass is 480 g/mol. The van der Waals surface area contributed by atoms with Gasteiger partial charge in [-0.3, -0.25) is 10.1 Å². The van der Waals surface area contributed by atoms with Gasteiger partial charge in [-0.1, -0.05) is 65.4 Å². The summed E-state index contributed by atoms with van der Waals surface area (Å²) >= 11 is 7.46. The van der Waals surface area contributed by atoms with E-state index in [9.17, 15) is 4.79 Å². The smallest absolute Gasteiger partial charge is 0.257 e. The molecule has 4 aromatic rings. The number of rotatable bonds is 7. The van der Waals surface area contributed by atoms with Crippen LogP contribution >= 0.6 is 22.9 Å². The minimum Gasteiger partial charge on any atom is -0.493 e. The molecule has 6 nitrogen and oxygen atoms in total. The van der Waals surface area contributed by atoms with Gasteiger partial charge in [0.05, 0.1) is 31.9 Å². The van der Waals surface area contributed by atoms with E-state index in [0.717, 1.165) is 21.7 Å². The average molecular weight is 481 g/mol. The van der Waals surface area contributed by atoms with Crippen LogP contribution in [0, 0.1) is 0 Å². The molecular weight excluding hydrogens is 460 g/mol. The van der Waals surface area contributed by atoms with Crippen molar-refractivity contribution >= 4 is 34.0 Å². The van der Waals surface area contributed by atoms with E-state index in [2.05, 4.69) is 5.32 Å². The highest BCUT2D eigenvalue weighted by atomic mass is 35.5. The normalized spacial score (nSPS) is 10.5. The lowest BCUT2D eigenvalue weighted by Gasteiger charge is -2.13. The van der Waals surface area contributed by atoms with Crippen molar-refractivity contribution in [2.45, 2.75) is 0 Å². The number of thiazole rings is 1. The minimum atomic E-state index is -0.342. The predicted molar refractivity (Wildman–Crippen MR) is 132 cm³/mol. The molecule has 0 aliphatic heterocycles. The number of aromatic nitrogens is 1. The van der Waals surface area contributed by atoms with Gasteiger partial charge in [0.25, 0.3) is 5.91 Å². The van der Waals surface area contributed by atoms with Crippen molar-refractivity contribution in [2.75, 3.05) is 26.6 Å². The summed E-state index contributed by atoms with van der Waals surface area (Å²) in [6, 6.07) is 20.6. The first kappa shape index (κ1) is 22.6. The van der Waals surface area contributed by atoms with Crippen LogP contribution in [-0.4, -0.2) is 32.2 Å². The van der Waals surface area contributed by atoms with Gasteiger partial charge in [-0.15, -0.1) is 0 Å². The van der Waals surface area contributed by atoms with Crippen LogP contribution in [0.1, 0.15) is 10.4 Å². The number of benzene rings is 3. The molecule has 0 fully saturated rings. The molecule has 0 radical (unpaired) electrons. The molecule has 0 aliphatic carbocycles. The maximum atomic E-state index is 13.1. The van der Waals surface area contributed by atoms with Gasteiger partial charge in [-0.05, 0) is 29.8 Å². The molecule has 0 aliphatic rings. The van der Waals surface area contributed by atoms with E-state index in [-0.39, 0.29) is 5.91 Å². The van der Waals surface area contributed by atoms with E-state index in [1.165, 1.54) is 32.7 Å². The van der Waals surface area contributed by atoms with E-state index in [1.54, 1.807) is 12.1 Å². The zero-order chi connectivity index (χ0) is 23.4. The highest BCUT2D eigenvalue weighted by Gasteiger charge is 2.20. The third-order valence-electron chi connectivity index (χ3n) is 4.93. The lowest BCUT2D eigenvalue weighted by atomic mass is 10.1. The Labute approximate surface area is 200 Å². The summed E-state index contributed by atoms with van der Waals surface area (Å²) in [4.78, 5) is 18.7. The Kier molecular flexibility index (Phi) is 6.82. The molecule has 0 bridgehead atoms. The third kappa shape index (κ3) is 4.79. The van der Waals surface area contributed by atoms with E-state index in [0.29, 0.717) is 33.0 Å². The molecule has 1 amide bonds. The molecule has 0 saturated carbocycles. The van der Waals surface area contributed by atoms with E-state index >= 15 is 0 Å². The summed E-state index contributed by atoms with van der Waals surface area (Å²) in [6.07, 6.45) is 0. The van der Waals surface area contributed by atoms with Crippen molar-refractivity contribution in [3.8, 4) is 38.9 Å². The Morgan fingerprint density at radius 2 is 1.52 bits per heavy atom. The molecule has 4 rings (SSSR count). The number of nitrogens with one attached hydrogen (secondary N) is 1. The number of hydrogen-bond donors (Lipinski definition) is 1. The minimum absolute atomic E-state index is 0.342. The van der Waals surface area contributed by atoms with Gasteiger partial charge in [-0.2, -0.15) is 0 Å². The van der Waals surface area contributed by atoms with Crippen LogP contribution in [0.5, 0.6) is 17.2 Å². The zero-order valence-electron chi connectivity index (χ0n) is 18.2. The maximum Gasteiger partial charge on any atom is 0.257 e. The number of nitrogens with zero attached hydrogens (tertiary/aromatic N) is 1. The molecule has 0 atom stereocenters. The second-order valence-electron chi connectivity index (χ2n) is 6.94. The van der Waals surface area contributed by atoms with Crippen molar-refractivity contribution in [1.82, 2.24) is 4.98 Å². The molecule has 1 N–H and O–H groups in total. The fourth-order valence-corrected chi connectivity index (χ4v) is 4.46. The summed E-state index contributed by atoms with van der Waals surface area (Å²) in [7, 11) is 4.52. The quantitative estimate of drug-likeness (QED) is 0.331. The number of ether oxygens (including phenoxy) is 3. The van der Waals surface area contributed by atoms with Gasteiger partial charge in [-0.25, -0.2) is 4.98 Å². The molecular formula is C25H21ClN2O4S. The fraction of sp³-hybridized carbons (Fsp3) is 0.120. The highest BCUT2D eigenvalue weighted by Crippen LogP contribution is 2.41. The SMILES string of the molecule is COc1cc(C(=O)Nc2nc(-c3ccccc3)c(-c3ccc(Cl)cc3)s2)cc(OC)c1OC. The van der Waals surface area contributed by atoms with Crippen LogP contribution in [0.2, 0.25) is 5.02 Å². The van der Waals surface area contributed by atoms with Crippen LogP contribution in [0.3, 0.4) is 0 Å². The third-order valence-corrected chi connectivity index (χ3v) is 6.20. The number of methoxy groups -OCH3 is 3. The highest BCUT2D eigenvalue weighted by molar-refractivity contribution is 7.19. The molecule has 168 valence electrons. The zero-order valence-corrected chi connectivity index (χ0v) is 19.8. The van der Waals surface area contributed by atoms with Gasteiger partial charge >= 0.3 is 0 Å². The van der Waals surface area contributed by atoms with Gasteiger partial charge in [0.1, 0.15) is 0 Å². The molecule has 3 aromatic carbocycles. The number of carbonyl (C=O) groups excluding carboxylic acids is 1. The Bertz CT molecular complexity index is 1250. The second kappa shape index (κ2) is 9.94. The van der Waals surface area contributed by atoms with Crippen molar-refractivity contribution < 1.29 is 19.0 Å². The Morgan fingerprint density at radius 3 is 2.09 bits per heavy atom. The molecule has 8 heteroatoms. The van der Waals surface area contributed by atoms with Crippen LogP contribution in [-0.2, 0) is 0 Å². The molecule has 0 unspecified atom stereocenters. The van der Waals surface area contributed by atoms with Crippen LogP contribution < -0.4 is 19.5 Å². The van der Waals surface area contributed by atoms with Crippen LogP contribution in [0.25, 0.3) is 21.7 Å². The number of carbonyl (C=O) groups is 1. The summed E-state index contributed by atoms with van der Waals surface area (Å²) in [5.41, 5.74) is 3.05. The maximum absolute atomic E-state index is 13.1. The van der Waals surface area contributed by atoms with Gasteiger partial charge in [0.15, 0.2) is 16.6 Å². The number of anilines is 1. The first-order chi connectivity index (χ1) is 16.0. The lowest BCUT2D eigenvalue weighted by Crippen LogP contribution is -2.12. The standard InChI is InChI=1S/C25H21ClN2O4S/c1-30-19-13-17(14-20(31-2)22(19)32-3)24(29)28-25-27-21(15-7-5-4-6-8-15)23(33-25)16-9-11-18(26)12-10-16/h4-14H,1-3H3,(H,27,28,29). The Balaban J connectivity index is 1.72. The van der Waals surface area contributed by atoms with Gasteiger partial charge < -0.3 is 14.2 Å². The molecule has 33 heavy (non-hydrogen) atoms. The van der Waals surface area contributed by atoms with Gasteiger partial charge in [0, 0.05) is 16.1 Å². The summed E-state index contributed by atoms with van der Waals surface area (Å²) in [6.45, 7) is 0. The second-order valence-corrected chi connectivity index (χ2v) is 8.37. The lowest BCUT2D eigenvalue weighted by molar-refractivity contribution is 0.102. The van der Waals surface area contributed by atoms with E-state index in [4.69, 9.17) is 30.8 Å². The van der Waals surface area contributed by atoms with Crippen LogP contribution in [0.15, 0.2) is 66.7 Å². The van der Waals surface area contributed by atoms with Crippen LogP contribution in [0.4, 0.5) is 5.13 Å². The topological polar surface area (TPSA) is 69.7 Å².